The van der Waals surface area contributed by atoms with E-state index in [0.29, 0.717) is 6.61 Å². The summed E-state index contributed by atoms with van der Waals surface area (Å²) in [6.07, 6.45) is 4.08. The third-order valence-corrected chi connectivity index (χ3v) is 9.33. The fourth-order valence-corrected chi connectivity index (χ4v) is 2.86. The van der Waals surface area contributed by atoms with Gasteiger partial charge in [-0.05, 0) is 23.7 Å². The van der Waals surface area contributed by atoms with Crippen molar-refractivity contribution in [2.45, 2.75) is 38.9 Å². The standard InChI is InChI=1S/C13H23BrO2Si/c1-13(2,3)17(4,5)16-9-11-7-6-10(8-15)12(11)14/h6-7,10,15H,8-9H2,1-5H3/t10-/m1/s1. The molecule has 0 radical (unpaired) electrons. The maximum absolute atomic E-state index is 9.16. The summed E-state index contributed by atoms with van der Waals surface area (Å²) in [4.78, 5) is 0. The highest BCUT2D eigenvalue weighted by atomic mass is 79.9. The van der Waals surface area contributed by atoms with Crippen LogP contribution in [-0.4, -0.2) is 26.6 Å². The molecule has 1 aliphatic rings. The summed E-state index contributed by atoms with van der Waals surface area (Å²) in [7, 11) is -1.69. The summed E-state index contributed by atoms with van der Waals surface area (Å²) in [6.45, 7) is 12.0. The summed E-state index contributed by atoms with van der Waals surface area (Å²) < 4.78 is 7.23. The second-order valence-corrected chi connectivity index (χ2v) is 11.7. The van der Waals surface area contributed by atoms with Gasteiger partial charge in [-0.2, -0.15) is 0 Å². The average molecular weight is 319 g/mol. The molecule has 1 atom stereocenters. The van der Waals surface area contributed by atoms with Gasteiger partial charge in [0, 0.05) is 10.4 Å². The Morgan fingerprint density at radius 2 is 2.00 bits per heavy atom. The van der Waals surface area contributed by atoms with Crippen LogP contribution in [0.2, 0.25) is 18.1 Å². The van der Waals surface area contributed by atoms with Crippen LogP contribution >= 0.6 is 15.9 Å². The van der Waals surface area contributed by atoms with Crippen molar-refractivity contribution < 1.29 is 9.53 Å². The van der Waals surface area contributed by atoms with Gasteiger partial charge in [-0.25, -0.2) is 0 Å². The lowest BCUT2D eigenvalue weighted by Crippen LogP contribution is -2.41. The SMILES string of the molecule is CC(C)(C)[Si](C)(C)OCC1=C(Br)[C@@H](CO)C=C1. The molecule has 1 rings (SSSR count). The maximum atomic E-state index is 9.16. The number of rotatable bonds is 4. The van der Waals surface area contributed by atoms with Gasteiger partial charge in [0.25, 0.3) is 0 Å². The molecule has 0 spiro atoms. The van der Waals surface area contributed by atoms with Gasteiger partial charge in [-0.1, -0.05) is 48.9 Å². The van der Waals surface area contributed by atoms with Crippen LogP contribution in [0.25, 0.3) is 0 Å². The molecule has 0 amide bonds. The molecule has 0 aliphatic heterocycles. The zero-order chi connectivity index (χ0) is 13.3. The van der Waals surface area contributed by atoms with Crippen LogP contribution in [0.4, 0.5) is 0 Å². The lowest BCUT2D eigenvalue weighted by molar-refractivity contribution is 0.273. The molecule has 2 nitrogen and oxygen atoms in total. The van der Waals surface area contributed by atoms with Crippen molar-refractivity contribution in [1.29, 1.82) is 0 Å². The van der Waals surface area contributed by atoms with E-state index in [-0.39, 0.29) is 17.6 Å². The molecule has 1 N–H and O–H groups in total. The van der Waals surface area contributed by atoms with Crippen molar-refractivity contribution in [2.24, 2.45) is 5.92 Å². The van der Waals surface area contributed by atoms with Crippen molar-refractivity contribution >= 4 is 24.2 Å². The van der Waals surface area contributed by atoms with Crippen LogP contribution < -0.4 is 0 Å². The van der Waals surface area contributed by atoms with E-state index < -0.39 is 8.32 Å². The van der Waals surface area contributed by atoms with E-state index in [1.807, 2.05) is 6.08 Å². The fraction of sp³-hybridized carbons (Fsp3) is 0.692. The molecule has 17 heavy (non-hydrogen) atoms. The highest BCUT2D eigenvalue weighted by Gasteiger charge is 2.37. The Morgan fingerprint density at radius 1 is 1.41 bits per heavy atom. The van der Waals surface area contributed by atoms with Gasteiger partial charge in [0.15, 0.2) is 8.32 Å². The lowest BCUT2D eigenvalue weighted by atomic mass is 10.2. The highest BCUT2D eigenvalue weighted by molar-refractivity contribution is 9.11. The predicted molar refractivity (Wildman–Crippen MR) is 78.8 cm³/mol. The summed E-state index contributed by atoms with van der Waals surface area (Å²) >= 11 is 3.54. The molecule has 0 fully saturated rings. The lowest BCUT2D eigenvalue weighted by Gasteiger charge is -2.36. The minimum absolute atomic E-state index is 0.119. The minimum Gasteiger partial charge on any atom is -0.413 e. The Labute approximate surface area is 114 Å². The van der Waals surface area contributed by atoms with E-state index in [0.717, 1.165) is 10.1 Å². The Kier molecular flexibility index (Phi) is 4.80. The number of aliphatic hydroxyl groups excluding tert-OH is 1. The van der Waals surface area contributed by atoms with Crippen LogP contribution in [0.5, 0.6) is 0 Å². The second-order valence-electron chi connectivity index (χ2n) is 6.07. The number of aliphatic hydroxyl groups is 1. The summed E-state index contributed by atoms with van der Waals surface area (Å²) in [5, 5.41) is 9.40. The fourth-order valence-electron chi connectivity index (χ4n) is 1.37. The molecule has 4 heteroatoms. The zero-order valence-electron chi connectivity index (χ0n) is 11.4. The summed E-state index contributed by atoms with van der Waals surface area (Å²) in [5.41, 5.74) is 1.16. The minimum atomic E-state index is -1.69. The van der Waals surface area contributed by atoms with Crippen molar-refractivity contribution in [2.75, 3.05) is 13.2 Å². The van der Waals surface area contributed by atoms with Crippen LogP contribution in [0, 0.1) is 5.92 Å². The first-order valence-electron chi connectivity index (χ1n) is 6.00. The zero-order valence-corrected chi connectivity index (χ0v) is 14.0. The highest BCUT2D eigenvalue weighted by Crippen LogP contribution is 2.38. The third-order valence-electron chi connectivity index (χ3n) is 3.75. The Bertz CT molecular complexity index is 340. The Hall–Kier alpha value is 0.0969. The molecular weight excluding hydrogens is 296 g/mol. The number of hydrogen-bond donors (Lipinski definition) is 1. The van der Waals surface area contributed by atoms with E-state index >= 15 is 0 Å². The van der Waals surface area contributed by atoms with Crippen molar-refractivity contribution in [3.63, 3.8) is 0 Å². The molecule has 1 aliphatic carbocycles. The summed E-state index contributed by atoms with van der Waals surface area (Å²) in [6, 6.07) is 0. The first-order chi connectivity index (χ1) is 7.69. The van der Waals surface area contributed by atoms with Crippen molar-refractivity contribution in [3.8, 4) is 0 Å². The molecule has 0 aromatic rings. The molecule has 0 saturated carbocycles. The van der Waals surface area contributed by atoms with E-state index in [4.69, 9.17) is 9.53 Å². The first-order valence-corrected chi connectivity index (χ1v) is 9.71. The Balaban J connectivity index is 2.64. The topological polar surface area (TPSA) is 29.5 Å². The van der Waals surface area contributed by atoms with Crippen molar-refractivity contribution in [1.82, 2.24) is 0 Å². The predicted octanol–water partition coefficient (Wildman–Crippen LogP) is 3.84. The normalized spacial score (nSPS) is 21.5. The van der Waals surface area contributed by atoms with Crippen LogP contribution in [0.3, 0.4) is 0 Å². The van der Waals surface area contributed by atoms with E-state index in [2.05, 4.69) is 55.9 Å². The van der Waals surface area contributed by atoms with Gasteiger partial charge in [-0.15, -0.1) is 0 Å². The average Bonchev–Trinajstić information content (AvgIpc) is 2.55. The smallest absolute Gasteiger partial charge is 0.192 e. The molecule has 0 bridgehead atoms. The molecule has 0 aromatic heterocycles. The van der Waals surface area contributed by atoms with Gasteiger partial charge < -0.3 is 9.53 Å². The molecule has 0 aromatic carbocycles. The van der Waals surface area contributed by atoms with E-state index in [9.17, 15) is 0 Å². The molecule has 0 heterocycles. The second kappa shape index (κ2) is 5.39. The van der Waals surface area contributed by atoms with Gasteiger partial charge in [0.2, 0.25) is 0 Å². The van der Waals surface area contributed by atoms with E-state index in [1.54, 1.807) is 0 Å². The van der Waals surface area contributed by atoms with Gasteiger partial charge in [-0.3, -0.25) is 0 Å². The third kappa shape index (κ3) is 3.53. The van der Waals surface area contributed by atoms with Crippen LogP contribution in [0.15, 0.2) is 22.2 Å². The first kappa shape index (κ1) is 15.2. The van der Waals surface area contributed by atoms with Crippen molar-refractivity contribution in [3.05, 3.63) is 22.2 Å². The number of halogens is 1. The van der Waals surface area contributed by atoms with Gasteiger partial charge in [0.05, 0.1) is 13.2 Å². The van der Waals surface area contributed by atoms with Gasteiger partial charge >= 0.3 is 0 Å². The molecule has 0 unspecified atom stereocenters. The van der Waals surface area contributed by atoms with Crippen LogP contribution in [0.1, 0.15) is 20.8 Å². The quantitative estimate of drug-likeness (QED) is 0.798. The maximum Gasteiger partial charge on any atom is 0.192 e. The molecule has 98 valence electrons. The monoisotopic (exact) mass is 318 g/mol. The molecular formula is C13H23BrO2Si. The van der Waals surface area contributed by atoms with Crippen LogP contribution in [-0.2, 0) is 4.43 Å². The number of hydrogen-bond acceptors (Lipinski definition) is 2. The van der Waals surface area contributed by atoms with E-state index in [1.165, 1.54) is 0 Å². The summed E-state index contributed by atoms with van der Waals surface area (Å²) in [5.74, 6) is 0.119. The largest absolute Gasteiger partial charge is 0.413 e. The van der Waals surface area contributed by atoms with Gasteiger partial charge in [0.1, 0.15) is 0 Å². The molecule has 0 saturated heterocycles. The Morgan fingerprint density at radius 3 is 2.41 bits per heavy atom.